The summed E-state index contributed by atoms with van der Waals surface area (Å²) in [7, 11) is 0. The number of rotatable bonds is 4. The van der Waals surface area contributed by atoms with Crippen molar-refractivity contribution in [1.29, 1.82) is 0 Å². The Kier molecular flexibility index (Phi) is 4.83. The monoisotopic (exact) mass is 255 g/mol. The van der Waals surface area contributed by atoms with Crippen molar-refractivity contribution in [3.05, 3.63) is 35.1 Å². The Morgan fingerprint density at radius 1 is 1.47 bits per heavy atom. The summed E-state index contributed by atoms with van der Waals surface area (Å²) in [5.74, 6) is 2.10. The number of thioether (sulfide) groups is 1. The van der Waals surface area contributed by atoms with E-state index >= 15 is 0 Å². The Morgan fingerprint density at radius 2 is 2.35 bits per heavy atom. The first kappa shape index (κ1) is 12.9. The van der Waals surface area contributed by atoms with Crippen molar-refractivity contribution in [3.8, 4) is 0 Å². The lowest BCUT2D eigenvalue weighted by molar-refractivity contribution is 0.275. The van der Waals surface area contributed by atoms with Crippen LogP contribution in [0.15, 0.2) is 18.2 Å². The molecule has 0 spiro atoms. The van der Waals surface area contributed by atoms with E-state index < -0.39 is 0 Å². The number of benzene rings is 1. The van der Waals surface area contributed by atoms with Gasteiger partial charge in [-0.25, -0.2) is 4.39 Å². The van der Waals surface area contributed by atoms with Crippen molar-refractivity contribution in [2.75, 3.05) is 11.5 Å². The molecule has 0 aliphatic carbocycles. The predicted molar refractivity (Wildman–Crippen MR) is 69.5 cm³/mol. The highest BCUT2D eigenvalue weighted by molar-refractivity contribution is 7.99. The van der Waals surface area contributed by atoms with Crippen molar-refractivity contribution in [1.82, 2.24) is 5.32 Å². The summed E-state index contributed by atoms with van der Waals surface area (Å²) in [6, 6.07) is 5.50. The average molecular weight is 255 g/mol. The third-order valence-electron chi connectivity index (χ3n) is 3.04. The Labute approximate surface area is 106 Å². The molecule has 0 radical (unpaired) electrons. The highest BCUT2D eigenvalue weighted by Gasteiger charge is 2.12. The van der Waals surface area contributed by atoms with Gasteiger partial charge in [0, 0.05) is 23.9 Å². The third-order valence-corrected chi connectivity index (χ3v) is 4.25. The summed E-state index contributed by atoms with van der Waals surface area (Å²) in [5, 5.41) is 12.5. The SMILES string of the molecule is OCc1cc(CNC2CCCSC2)ccc1F. The Morgan fingerprint density at radius 3 is 3.06 bits per heavy atom. The molecule has 0 aromatic heterocycles. The minimum absolute atomic E-state index is 0.237. The predicted octanol–water partition coefficient (Wildman–Crippen LogP) is 2.30. The van der Waals surface area contributed by atoms with Gasteiger partial charge in [-0.15, -0.1) is 0 Å². The number of aliphatic hydroxyl groups is 1. The number of hydrogen-bond acceptors (Lipinski definition) is 3. The van der Waals surface area contributed by atoms with E-state index in [1.54, 1.807) is 12.1 Å². The summed E-state index contributed by atoms with van der Waals surface area (Å²) >= 11 is 1.99. The number of halogens is 1. The topological polar surface area (TPSA) is 32.3 Å². The maximum absolute atomic E-state index is 13.2. The molecule has 1 atom stereocenters. The van der Waals surface area contributed by atoms with Crippen LogP contribution in [0.2, 0.25) is 0 Å². The van der Waals surface area contributed by atoms with Crippen LogP contribution >= 0.6 is 11.8 Å². The van der Waals surface area contributed by atoms with Crippen molar-refractivity contribution in [3.63, 3.8) is 0 Å². The van der Waals surface area contributed by atoms with Crippen LogP contribution in [-0.4, -0.2) is 22.7 Å². The van der Waals surface area contributed by atoms with Crippen LogP contribution < -0.4 is 5.32 Å². The Balaban J connectivity index is 1.89. The Hall–Kier alpha value is -0.580. The summed E-state index contributed by atoms with van der Waals surface area (Å²) in [6.07, 6.45) is 2.49. The van der Waals surface area contributed by atoms with Gasteiger partial charge in [0.05, 0.1) is 6.61 Å². The molecule has 94 valence electrons. The molecular formula is C13H18FNOS. The van der Waals surface area contributed by atoms with Crippen LogP contribution in [0.25, 0.3) is 0 Å². The van der Waals surface area contributed by atoms with Gasteiger partial charge in [-0.1, -0.05) is 6.07 Å². The largest absolute Gasteiger partial charge is 0.392 e. The molecule has 1 unspecified atom stereocenters. The Bertz CT molecular complexity index is 366. The molecule has 1 saturated heterocycles. The van der Waals surface area contributed by atoms with E-state index in [0.717, 1.165) is 17.9 Å². The molecule has 1 heterocycles. The molecule has 0 bridgehead atoms. The van der Waals surface area contributed by atoms with Gasteiger partial charge < -0.3 is 10.4 Å². The maximum Gasteiger partial charge on any atom is 0.128 e. The highest BCUT2D eigenvalue weighted by atomic mass is 32.2. The first-order valence-electron chi connectivity index (χ1n) is 5.99. The minimum Gasteiger partial charge on any atom is -0.392 e. The molecule has 0 saturated carbocycles. The number of nitrogens with one attached hydrogen (secondary N) is 1. The summed E-state index contributed by atoms with van der Waals surface area (Å²) in [5.41, 5.74) is 1.41. The van der Waals surface area contributed by atoms with Crippen LogP contribution in [0.1, 0.15) is 24.0 Å². The van der Waals surface area contributed by atoms with Gasteiger partial charge in [0.1, 0.15) is 5.82 Å². The molecule has 2 nitrogen and oxygen atoms in total. The van der Waals surface area contributed by atoms with Crippen LogP contribution in [0.3, 0.4) is 0 Å². The van der Waals surface area contributed by atoms with Gasteiger partial charge >= 0.3 is 0 Å². The molecule has 2 N–H and O–H groups in total. The van der Waals surface area contributed by atoms with E-state index in [1.165, 1.54) is 24.7 Å². The van der Waals surface area contributed by atoms with Gasteiger partial charge in [-0.2, -0.15) is 11.8 Å². The van der Waals surface area contributed by atoms with Crippen LogP contribution in [-0.2, 0) is 13.2 Å². The third kappa shape index (κ3) is 3.69. The fraction of sp³-hybridized carbons (Fsp3) is 0.538. The van der Waals surface area contributed by atoms with Crippen LogP contribution in [0.4, 0.5) is 4.39 Å². The smallest absolute Gasteiger partial charge is 0.128 e. The zero-order chi connectivity index (χ0) is 12.1. The van der Waals surface area contributed by atoms with Crippen molar-refractivity contribution < 1.29 is 9.50 Å². The molecule has 2 rings (SSSR count). The highest BCUT2D eigenvalue weighted by Crippen LogP contribution is 2.17. The lowest BCUT2D eigenvalue weighted by Gasteiger charge is -2.22. The van der Waals surface area contributed by atoms with E-state index in [2.05, 4.69) is 5.32 Å². The number of hydrogen-bond donors (Lipinski definition) is 2. The molecule has 1 aromatic carbocycles. The lowest BCUT2D eigenvalue weighted by Crippen LogP contribution is -2.33. The molecule has 17 heavy (non-hydrogen) atoms. The van der Waals surface area contributed by atoms with Crippen molar-refractivity contribution in [2.24, 2.45) is 0 Å². The van der Waals surface area contributed by atoms with Gasteiger partial charge in [0.25, 0.3) is 0 Å². The van der Waals surface area contributed by atoms with E-state index in [-0.39, 0.29) is 12.4 Å². The molecule has 1 aliphatic heterocycles. The summed E-state index contributed by atoms with van der Waals surface area (Å²) < 4.78 is 13.2. The fourth-order valence-electron chi connectivity index (χ4n) is 2.02. The zero-order valence-electron chi connectivity index (χ0n) is 9.79. The van der Waals surface area contributed by atoms with E-state index in [0.29, 0.717) is 11.6 Å². The zero-order valence-corrected chi connectivity index (χ0v) is 10.6. The molecule has 4 heteroatoms. The molecule has 1 aromatic rings. The second kappa shape index (κ2) is 6.38. The second-order valence-corrected chi connectivity index (χ2v) is 5.53. The molecule has 0 amide bonds. The minimum atomic E-state index is -0.329. The van der Waals surface area contributed by atoms with E-state index in [1.807, 2.05) is 11.8 Å². The molecule has 1 aliphatic rings. The molecule has 1 fully saturated rings. The van der Waals surface area contributed by atoms with Gasteiger partial charge in [-0.3, -0.25) is 0 Å². The second-order valence-electron chi connectivity index (χ2n) is 4.38. The first-order valence-corrected chi connectivity index (χ1v) is 7.14. The van der Waals surface area contributed by atoms with Gasteiger partial charge in [-0.05, 0) is 36.3 Å². The quantitative estimate of drug-likeness (QED) is 0.866. The standard InChI is InChI=1S/C13H18FNOS/c14-13-4-3-10(6-11(13)8-16)7-15-12-2-1-5-17-9-12/h3-4,6,12,15-16H,1-2,5,7-9H2. The maximum atomic E-state index is 13.2. The van der Waals surface area contributed by atoms with Crippen molar-refractivity contribution in [2.45, 2.75) is 32.0 Å². The number of aliphatic hydroxyl groups excluding tert-OH is 1. The lowest BCUT2D eigenvalue weighted by atomic mass is 10.1. The summed E-state index contributed by atoms with van der Waals surface area (Å²) in [4.78, 5) is 0. The van der Waals surface area contributed by atoms with E-state index in [9.17, 15) is 4.39 Å². The fourth-order valence-corrected chi connectivity index (χ4v) is 3.13. The average Bonchev–Trinajstić information content (AvgIpc) is 2.39. The van der Waals surface area contributed by atoms with Crippen molar-refractivity contribution >= 4 is 11.8 Å². The van der Waals surface area contributed by atoms with Crippen LogP contribution in [0, 0.1) is 5.82 Å². The first-order chi connectivity index (χ1) is 8.29. The van der Waals surface area contributed by atoms with E-state index in [4.69, 9.17) is 5.11 Å². The molecular weight excluding hydrogens is 237 g/mol. The van der Waals surface area contributed by atoms with Crippen LogP contribution in [0.5, 0.6) is 0 Å². The summed E-state index contributed by atoms with van der Waals surface area (Å²) in [6.45, 7) is 0.511. The van der Waals surface area contributed by atoms with Gasteiger partial charge in [0.2, 0.25) is 0 Å². The normalized spacial score (nSPS) is 20.5. The van der Waals surface area contributed by atoms with Gasteiger partial charge in [0.15, 0.2) is 0 Å².